The Labute approximate surface area is 95.2 Å². The van der Waals surface area contributed by atoms with Gasteiger partial charge in [0.05, 0.1) is 0 Å². The maximum Gasteiger partial charge on any atom is 0.407 e. The van der Waals surface area contributed by atoms with Crippen LogP contribution < -0.4 is 0 Å². The molecule has 0 aliphatic rings. The van der Waals surface area contributed by atoms with Gasteiger partial charge >= 0.3 is 12.4 Å². The van der Waals surface area contributed by atoms with Crippen molar-refractivity contribution >= 4 is 5.78 Å². The lowest BCUT2D eigenvalue weighted by Gasteiger charge is -2.21. The summed E-state index contributed by atoms with van der Waals surface area (Å²) in [7, 11) is 0. The van der Waals surface area contributed by atoms with Crippen molar-refractivity contribution in [3.8, 4) is 0 Å². The molecule has 0 saturated carbocycles. The number of alkyl halides is 6. The minimum atomic E-state index is -5.56. The summed E-state index contributed by atoms with van der Waals surface area (Å²) in [6.45, 7) is 1.84. The Morgan fingerprint density at radius 1 is 0.941 bits per heavy atom. The van der Waals surface area contributed by atoms with E-state index in [1.807, 2.05) is 6.92 Å². The maximum atomic E-state index is 12.1. The third kappa shape index (κ3) is 5.93. The fourth-order valence-corrected chi connectivity index (χ4v) is 1.42. The second kappa shape index (κ2) is 6.26. The summed E-state index contributed by atoms with van der Waals surface area (Å²) in [5, 5.41) is 0. The van der Waals surface area contributed by atoms with Gasteiger partial charge < -0.3 is 0 Å². The van der Waals surface area contributed by atoms with Gasteiger partial charge in [0.15, 0.2) is 5.78 Å². The molecule has 0 heterocycles. The van der Waals surface area contributed by atoms with E-state index in [0.717, 1.165) is 6.42 Å². The molecular weight excluding hydrogens is 250 g/mol. The van der Waals surface area contributed by atoms with Crippen LogP contribution in [-0.2, 0) is 4.79 Å². The summed E-state index contributed by atoms with van der Waals surface area (Å²) < 4.78 is 72.6. The van der Waals surface area contributed by atoms with Crippen LogP contribution in [0.2, 0.25) is 0 Å². The van der Waals surface area contributed by atoms with Crippen molar-refractivity contribution in [2.24, 2.45) is 5.92 Å². The quantitative estimate of drug-likeness (QED) is 0.517. The number of halogens is 6. The fourth-order valence-electron chi connectivity index (χ4n) is 1.42. The molecule has 0 atom stereocenters. The Kier molecular flexibility index (Phi) is 5.98. The van der Waals surface area contributed by atoms with Crippen molar-refractivity contribution in [1.82, 2.24) is 0 Å². The molecule has 1 nitrogen and oxygen atoms in total. The zero-order valence-electron chi connectivity index (χ0n) is 9.29. The number of unbranched alkanes of at least 4 members (excludes halogenated alkanes) is 3. The van der Waals surface area contributed by atoms with Gasteiger partial charge in [-0.3, -0.25) is 4.79 Å². The van der Waals surface area contributed by atoms with Gasteiger partial charge in [0, 0.05) is 6.42 Å². The van der Waals surface area contributed by atoms with Gasteiger partial charge in [-0.15, -0.1) is 0 Å². The molecule has 0 saturated heterocycles. The van der Waals surface area contributed by atoms with Crippen LogP contribution in [0.3, 0.4) is 0 Å². The van der Waals surface area contributed by atoms with Crippen molar-refractivity contribution in [1.29, 1.82) is 0 Å². The van der Waals surface area contributed by atoms with Crippen LogP contribution in [0, 0.1) is 5.92 Å². The number of hydrogen-bond acceptors (Lipinski definition) is 1. The smallest absolute Gasteiger partial charge is 0.299 e. The van der Waals surface area contributed by atoms with Crippen LogP contribution in [0.15, 0.2) is 0 Å². The molecule has 0 aromatic carbocycles. The molecule has 0 rings (SSSR count). The zero-order chi connectivity index (χ0) is 13.7. The Morgan fingerprint density at radius 2 is 1.41 bits per heavy atom. The highest BCUT2D eigenvalue weighted by Gasteiger charge is 2.60. The first-order chi connectivity index (χ1) is 7.60. The number of Topliss-reactive ketones (excluding diaryl/α,β-unsaturated/α-hetero) is 1. The minimum Gasteiger partial charge on any atom is -0.299 e. The van der Waals surface area contributed by atoms with Gasteiger partial charge in [-0.05, 0) is 6.42 Å². The van der Waals surface area contributed by atoms with Crippen molar-refractivity contribution < 1.29 is 31.1 Å². The van der Waals surface area contributed by atoms with Gasteiger partial charge in [-0.25, -0.2) is 0 Å². The highest BCUT2D eigenvalue weighted by atomic mass is 19.4. The van der Waals surface area contributed by atoms with Gasteiger partial charge in [0.25, 0.3) is 0 Å². The molecule has 0 aliphatic carbocycles. The van der Waals surface area contributed by atoms with Gasteiger partial charge in [0.1, 0.15) is 0 Å². The lowest BCUT2D eigenvalue weighted by Crippen LogP contribution is -2.42. The van der Waals surface area contributed by atoms with Crippen molar-refractivity contribution in [3.05, 3.63) is 0 Å². The zero-order valence-corrected chi connectivity index (χ0v) is 9.29. The molecule has 0 radical (unpaired) electrons. The SMILES string of the molecule is CCCCCCC(=O)C(C(F)(F)F)C(F)(F)F. The molecule has 102 valence electrons. The van der Waals surface area contributed by atoms with Crippen LogP contribution in [0.4, 0.5) is 26.3 Å². The number of hydrogen-bond donors (Lipinski definition) is 0. The summed E-state index contributed by atoms with van der Waals surface area (Å²) >= 11 is 0. The second-order valence-corrected chi connectivity index (χ2v) is 3.79. The number of carbonyl (C=O) groups is 1. The van der Waals surface area contributed by atoms with E-state index in [-0.39, 0.29) is 6.42 Å². The molecular formula is C10H14F6O. The van der Waals surface area contributed by atoms with Gasteiger partial charge in [0.2, 0.25) is 5.92 Å². The highest BCUT2D eigenvalue weighted by Crippen LogP contribution is 2.40. The Bertz CT molecular complexity index is 228. The number of rotatable bonds is 6. The van der Waals surface area contributed by atoms with Crippen LogP contribution in [0.1, 0.15) is 39.0 Å². The van der Waals surface area contributed by atoms with E-state index in [1.54, 1.807) is 0 Å². The molecule has 0 fully saturated rings. The third-order valence-electron chi connectivity index (χ3n) is 2.25. The summed E-state index contributed by atoms with van der Waals surface area (Å²) in [6.07, 6.45) is -9.78. The Hall–Kier alpha value is -0.750. The van der Waals surface area contributed by atoms with Crippen LogP contribution in [0.25, 0.3) is 0 Å². The van der Waals surface area contributed by atoms with E-state index in [0.29, 0.717) is 12.8 Å². The summed E-state index contributed by atoms with van der Waals surface area (Å²) in [5.41, 5.74) is 0. The van der Waals surface area contributed by atoms with E-state index >= 15 is 0 Å². The number of carbonyl (C=O) groups excluding carboxylic acids is 1. The predicted molar refractivity (Wildman–Crippen MR) is 49.4 cm³/mol. The van der Waals surface area contributed by atoms with Crippen LogP contribution in [-0.4, -0.2) is 18.1 Å². The van der Waals surface area contributed by atoms with Gasteiger partial charge in [-0.1, -0.05) is 26.2 Å². The lowest BCUT2D eigenvalue weighted by atomic mass is 9.97. The Morgan fingerprint density at radius 3 is 1.76 bits per heavy atom. The predicted octanol–water partition coefficient (Wildman–Crippen LogP) is 4.27. The standard InChI is InChI=1S/C10H14F6O/c1-2-3-4-5-6-7(17)8(9(11,12)13)10(14,15)16/h8H,2-6H2,1H3. The molecule has 17 heavy (non-hydrogen) atoms. The molecule has 0 amide bonds. The van der Waals surface area contributed by atoms with Gasteiger partial charge in [-0.2, -0.15) is 26.3 Å². The molecule has 0 bridgehead atoms. The van der Waals surface area contributed by atoms with E-state index in [9.17, 15) is 31.1 Å². The molecule has 0 aliphatic heterocycles. The minimum absolute atomic E-state index is 0.0648. The fraction of sp³-hybridized carbons (Fsp3) is 0.900. The largest absolute Gasteiger partial charge is 0.407 e. The summed E-state index contributed by atoms with van der Waals surface area (Å²) in [5.74, 6) is -5.63. The van der Waals surface area contributed by atoms with Crippen molar-refractivity contribution in [3.63, 3.8) is 0 Å². The Balaban J connectivity index is 4.47. The molecule has 0 unspecified atom stereocenters. The van der Waals surface area contributed by atoms with E-state index < -0.39 is 30.5 Å². The normalized spacial score (nSPS) is 13.2. The summed E-state index contributed by atoms with van der Waals surface area (Å²) in [4.78, 5) is 11.0. The first-order valence-corrected chi connectivity index (χ1v) is 5.26. The molecule has 0 N–H and O–H groups in total. The van der Waals surface area contributed by atoms with E-state index in [1.165, 1.54) is 0 Å². The first kappa shape index (κ1) is 16.2. The lowest BCUT2D eigenvalue weighted by molar-refractivity contribution is -0.273. The average molecular weight is 264 g/mol. The molecule has 7 heteroatoms. The second-order valence-electron chi connectivity index (χ2n) is 3.79. The maximum absolute atomic E-state index is 12.1. The highest BCUT2D eigenvalue weighted by molar-refractivity contribution is 5.82. The number of ketones is 1. The topological polar surface area (TPSA) is 17.1 Å². The monoisotopic (exact) mass is 264 g/mol. The van der Waals surface area contributed by atoms with E-state index in [2.05, 4.69) is 0 Å². The molecule has 0 aromatic heterocycles. The van der Waals surface area contributed by atoms with Crippen molar-refractivity contribution in [2.45, 2.75) is 51.4 Å². The van der Waals surface area contributed by atoms with E-state index in [4.69, 9.17) is 0 Å². The molecule has 0 aromatic rings. The van der Waals surface area contributed by atoms with Crippen LogP contribution in [0.5, 0.6) is 0 Å². The molecule has 0 spiro atoms. The third-order valence-corrected chi connectivity index (χ3v) is 2.25. The van der Waals surface area contributed by atoms with Crippen LogP contribution >= 0.6 is 0 Å². The summed E-state index contributed by atoms with van der Waals surface area (Å²) in [6, 6.07) is 0. The first-order valence-electron chi connectivity index (χ1n) is 5.26. The average Bonchev–Trinajstić information content (AvgIpc) is 2.07. The van der Waals surface area contributed by atoms with Crippen molar-refractivity contribution in [2.75, 3.05) is 0 Å².